The molecule has 7 heteroatoms. The molecule has 2 rings (SSSR count). The van der Waals surface area contributed by atoms with Crippen molar-refractivity contribution in [3.05, 3.63) is 16.6 Å². The van der Waals surface area contributed by atoms with Gasteiger partial charge in [-0.05, 0) is 0 Å². The molecule has 0 spiro atoms. The Morgan fingerprint density at radius 2 is 2.43 bits per heavy atom. The number of rotatable bonds is 2. The Hall–Kier alpha value is -1.76. The molecule has 0 fully saturated rings. The van der Waals surface area contributed by atoms with Crippen LogP contribution in [-0.4, -0.2) is 31.1 Å². The van der Waals surface area contributed by atoms with Crippen molar-refractivity contribution in [3.63, 3.8) is 0 Å². The van der Waals surface area contributed by atoms with Gasteiger partial charge in [-0.25, -0.2) is 14.5 Å². The molecule has 2 aromatic rings. The Balaban J connectivity index is 2.60. The van der Waals surface area contributed by atoms with Crippen LogP contribution < -0.4 is 0 Å². The predicted octanol–water partition coefficient (Wildman–Crippen LogP) is 0.637. The third-order valence-corrected chi connectivity index (χ3v) is 2.29. The van der Waals surface area contributed by atoms with Crippen molar-refractivity contribution in [3.8, 4) is 11.4 Å². The fraction of sp³-hybridized carbons (Fsp3) is 0.143. The van der Waals surface area contributed by atoms with E-state index in [1.54, 1.807) is 10.9 Å². The molecule has 14 heavy (non-hydrogen) atoms. The summed E-state index contributed by atoms with van der Waals surface area (Å²) in [5.41, 5.74) is 2.52. The lowest BCUT2D eigenvalue weighted by atomic mass is 10.2. The Bertz CT molecular complexity index is 462. The molecule has 0 aliphatic heterocycles. The van der Waals surface area contributed by atoms with Gasteiger partial charge in [0.15, 0.2) is 5.69 Å². The highest BCUT2D eigenvalue weighted by atomic mass is 32.1. The first kappa shape index (κ1) is 8.82. The molecule has 0 aliphatic rings. The number of nitrogens with zero attached hydrogens (tertiary/aromatic N) is 4. The SMILES string of the molecule is Cn1nnc(-c2cscn2)c1C(=O)O. The van der Waals surface area contributed by atoms with Crippen molar-refractivity contribution in [2.75, 3.05) is 0 Å². The van der Waals surface area contributed by atoms with Crippen LogP contribution in [0.1, 0.15) is 10.5 Å². The molecule has 0 aromatic carbocycles. The van der Waals surface area contributed by atoms with Crippen molar-refractivity contribution in [2.45, 2.75) is 0 Å². The molecule has 0 amide bonds. The van der Waals surface area contributed by atoms with Crippen LogP contribution in [0.5, 0.6) is 0 Å². The van der Waals surface area contributed by atoms with Gasteiger partial charge in [0.1, 0.15) is 11.4 Å². The minimum atomic E-state index is -1.06. The molecule has 0 saturated heterocycles. The summed E-state index contributed by atoms with van der Waals surface area (Å²) in [7, 11) is 1.53. The van der Waals surface area contributed by atoms with Gasteiger partial charge in [0.25, 0.3) is 0 Å². The molecule has 6 nitrogen and oxygen atoms in total. The monoisotopic (exact) mass is 210 g/mol. The number of aromatic carboxylic acids is 1. The van der Waals surface area contributed by atoms with E-state index in [9.17, 15) is 4.79 Å². The summed E-state index contributed by atoms with van der Waals surface area (Å²) in [6, 6.07) is 0. The molecule has 72 valence electrons. The molecule has 0 bridgehead atoms. The van der Waals surface area contributed by atoms with E-state index in [2.05, 4.69) is 15.3 Å². The Kier molecular flexibility index (Phi) is 2.01. The maximum Gasteiger partial charge on any atom is 0.356 e. The van der Waals surface area contributed by atoms with Crippen molar-refractivity contribution in [2.24, 2.45) is 7.05 Å². The minimum absolute atomic E-state index is 0.0518. The Morgan fingerprint density at radius 3 is 3.00 bits per heavy atom. The van der Waals surface area contributed by atoms with Gasteiger partial charge in [0.2, 0.25) is 0 Å². The number of hydrogen-bond acceptors (Lipinski definition) is 5. The highest BCUT2D eigenvalue weighted by molar-refractivity contribution is 7.07. The standard InChI is InChI=1S/C7H6N4O2S/c1-11-6(7(12)13)5(9-10-11)4-2-14-3-8-4/h2-3H,1H3,(H,12,13). The maximum atomic E-state index is 10.9. The van der Waals surface area contributed by atoms with Crippen LogP contribution >= 0.6 is 11.3 Å². The van der Waals surface area contributed by atoms with Crippen LogP contribution in [-0.2, 0) is 7.05 Å². The summed E-state index contributed by atoms with van der Waals surface area (Å²) in [4.78, 5) is 14.9. The summed E-state index contributed by atoms with van der Waals surface area (Å²) >= 11 is 1.38. The van der Waals surface area contributed by atoms with Crippen molar-refractivity contribution >= 4 is 17.3 Å². The van der Waals surface area contributed by atoms with Gasteiger partial charge in [-0.3, -0.25) is 0 Å². The van der Waals surface area contributed by atoms with E-state index >= 15 is 0 Å². The molecular formula is C7H6N4O2S. The van der Waals surface area contributed by atoms with Crippen LogP contribution in [0.4, 0.5) is 0 Å². The van der Waals surface area contributed by atoms with Gasteiger partial charge >= 0.3 is 5.97 Å². The molecule has 0 unspecified atom stereocenters. The lowest BCUT2D eigenvalue weighted by Gasteiger charge is -1.94. The number of aromatic nitrogens is 4. The van der Waals surface area contributed by atoms with Crippen LogP contribution in [0.15, 0.2) is 10.9 Å². The molecule has 1 N–H and O–H groups in total. The molecular weight excluding hydrogens is 204 g/mol. The lowest BCUT2D eigenvalue weighted by molar-refractivity contribution is 0.0686. The largest absolute Gasteiger partial charge is 0.476 e. The zero-order valence-electron chi connectivity index (χ0n) is 7.21. The van der Waals surface area contributed by atoms with Crippen molar-refractivity contribution < 1.29 is 9.90 Å². The van der Waals surface area contributed by atoms with Gasteiger partial charge in [0.05, 0.1) is 5.51 Å². The first-order chi connectivity index (χ1) is 6.70. The molecule has 0 saturated carbocycles. The minimum Gasteiger partial charge on any atom is -0.476 e. The van der Waals surface area contributed by atoms with Gasteiger partial charge in [-0.15, -0.1) is 16.4 Å². The highest BCUT2D eigenvalue weighted by Gasteiger charge is 2.19. The quantitative estimate of drug-likeness (QED) is 0.786. The van der Waals surface area contributed by atoms with E-state index in [0.717, 1.165) is 0 Å². The third-order valence-electron chi connectivity index (χ3n) is 1.70. The van der Waals surface area contributed by atoms with E-state index < -0.39 is 5.97 Å². The van der Waals surface area contributed by atoms with Gasteiger partial charge in [-0.2, -0.15) is 0 Å². The Morgan fingerprint density at radius 1 is 1.64 bits per heavy atom. The average Bonchev–Trinajstić information content (AvgIpc) is 2.70. The number of carboxylic acids is 1. The van der Waals surface area contributed by atoms with E-state index in [0.29, 0.717) is 11.4 Å². The molecule has 0 radical (unpaired) electrons. The predicted molar refractivity (Wildman–Crippen MR) is 49.1 cm³/mol. The first-order valence-electron chi connectivity index (χ1n) is 3.71. The number of aryl methyl sites for hydroxylation is 1. The number of thiazole rings is 1. The second-order valence-electron chi connectivity index (χ2n) is 2.59. The summed E-state index contributed by atoms with van der Waals surface area (Å²) in [5.74, 6) is -1.06. The van der Waals surface area contributed by atoms with Crippen LogP contribution in [0.2, 0.25) is 0 Å². The second kappa shape index (κ2) is 3.18. The van der Waals surface area contributed by atoms with Crippen LogP contribution in [0.3, 0.4) is 0 Å². The van der Waals surface area contributed by atoms with Gasteiger partial charge in [0, 0.05) is 12.4 Å². The smallest absolute Gasteiger partial charge is 0.356 e. The topological polar surface area (TPSA) is 80.9 Å². The van der Waals surface area contributed by atoms with E-state index in [-0.39, 0.29) is 5.69 Å². The average molecular weight is 210 g/mol. The number of carbonyl (C=O) groups is 1. The number of hydrogen-bond donors (Lipinski definition) is 1. The summed E-state index contributed by atoms with van der Waals surface area (Å²) in [5, 5.41) is 18.0. The summed E-state index contributed by atoms with van der Waals surface area (Å²) < 4.78 is 1.22. The van der Waals surface area contributed by atoms with Crippen molar-refractivity contribution in [1.29, 1.82) is 0 Å². The summed E-state index contributed by atoms with van der Waals surface area (Å²) in [6.07, 6.45) is 0. The van der Waals surface area contributed by atoms with Gasteiger partial charge < -0.3 is 5.11 Å². The fourth-order valence-corrected chi connectivity index (χ4v) is 1.64. The van der Waals surface area contributed by atoms with E-state index in [1.807, 2.05) is 0 Å². The van der Waals surface area contributed by atoms with Gasteiger partial charge in [-0.1, -0.05) is 5.21 Å². The molecule has 0 aliphatic carbocycles. The first-order valence-corrected chi connectivity index (χ1v) is 4.66. The second-order valence-corrected chi connectivity index (χ2v) is 3.31. The van der Waals surface area contributed by atoms with Crippen LogP contribution in [0.25, 0.3) is 11.4 Å². The van der Waals surface area contributed by atoms with Crippen molar-refractivity contribution in [1.82, 2.24) is 20.0 Å². The highest BCUT2D eigenvalue weighted by Crippen LogP contribution is 2.19. The summed E-state index contributed by atoms with van der Waals surface area (Å²) in [6.45, 7) is 0. The lowest BCUT2D eigenvalue weighted by Crippen LogP contribution is -2.06. The zero-order chi connectivity index (χ0) is 10.1. The number of carboxylic acid groups (broad SMARTS) is 1. The third kappa shape index (κ3) is 1.27. The molecule has 2 aromatic heterocycles. The molecule has 0 atom stereocenters. The van der Waals surface area contributed by atoms with E-state index in [4.69, 9.17) is 5.11 Å². The zero-order valence-corrected chi connectivity index (χ0v) is 8.02. The Labute approximate surface area is 82.8 Å². The normalized spacial score (nSPS) is 10.4. The van der Waals surface area contributed by atoms with Crippen LogP contribution in [0, 0.1) is 0 Å². The van der Waals surface area contributed by atoms with E-state index in [1.165, 1.54) is 23.1 Å². The maximum absolute atomic E-state index is 10.9. The molecule has 2 heterocycles. The fourth-order valence-electron chi connectivity index (χ4n) is 1.10.